The number of rotatable bonds is 5. The molecule has 0 amide bonds. The second-order valence-electron chi connectivity index (χ2n) is 6.77. The monoisotopic (exact) mass is 332 g/mol. The maximum atomic E-state index is 13.9. The van der Waals surface area contributed by atoms with Gasteiger partial charge in [-0.1, -0.05) is 32.0 Å². The Bertz CT molecular complexity index is 584. The van der Waals surface area contributed by atoms with E-state index in [0.717, 1.165) is 44.1 Å². The van der Waals surface area contributed by atoms with Gasteiger partial charge < -0.3 is 10.2 Å². The van der Waals surface area contributed by atoms with Crippen LogP contribution in [0.15, 0.2) is 29.3 Å². The first-order valence-corrected chi connectivity index (χ1v) is 9.14. The van der Waals surface area contributed by atoms with Crippen LogP contribution in [0.5, 0.6) is 0 Å². The zero-order valence-corrected chi connectivity index (χ0v) is 15.0. The van der Waals surface area contributed by atoms with E-state index in [1.165, 1.54) is 6.42 Å². The molecule has 1 aliphatic heterocycles. The number of hydrogen-bond acceptors (Lipinski definition) is 2. The fourth-order valence-electron chi connectivity index (χ4n) is 3.91. The Morgan fingerprint density at radius 2 is 2.08 bits per heavy atom. The molecule has 1 aromatic rings. The molecule has 0 radical (unpaired) electrons. The Morgan fingerprint density at radius 3 is 2.75 bits per heavy atom. The van der Waals surface area contributed by atoms with E-state index >= 15 is 0 Å². The topological polar surface area (TPSA) is 30.9 Å². The zero-order chi connectivity index (χ0) is 17.1. The van der Waals surface area contributed by atoms with Gasteiger partial charge >= 0.3 is 0 Å². The van der Waals surface area contributed by atoms with Crippen molar-refractivity contribution in [3.05, 3.63) is 35.6 Å². The maximum absolute atomic E-state index is 13.9. The fourth-order valence-corrected chi connectivity index (χ4v) is 3.91. The molecule has 24 heavy (non-hydrogen) atoms. The highest BCUT2D eigenvalue weighted by atomic mass is 19.1. The molecule has 4 nitrogen and oxygen atoms in total. The molecule has 1 saturated carbocycles. The number of nitrogens with zero attached hydrogens (tertiary/aromatic N) is 3. The van der Waals surface area contributed by atoms with Gasteiger partial charge in [-0.2, -0.15) is 0 Å². The highest BCUT2D eigenvalue weighted by molar-refractivity contribution is 5.81. The van der Waals surface area contributed by atoms with Crippen molar-refractivity contribution in [3.63, 3.8) is 0 Å². The van der Waals surface area contributed by atoms with Crippen LogP contribution in [0.1, 0.15) is 38.2 Å². The van der Waals surface area contributed by atoms with Gasteiger partial charge in [-0.05, 0) is 37.6 Å². The number of aliphatic imine (C=N–C) groups is 1. The van der Waals surface area contributed by atoms with Crippen molar-refractivity contribution in [3.8, 4) is 0 Å². The van der Waals surface area contributed by atoms with Crippen molar-refractivity contribution in [1.82, 2.24) is 15.1 Å². The molecule has 2 fully saturated rings. The van der Waals surface area contributed by atoms with E-state index in [2.05, 4.69) is 34.0 Å². The third kappa shape index (κ3) is 3.56. The highest BCUT2D eigenvalue weighted by Crippen LogP contribution is 2.42. The van der Waals surface area contributed by atoms with Gasteiger partial charge in [0.15, 0.2) is 5.96 Å². The van der Waals surface area contributed by atoms with Gasteiger partial charge in [-0.15, -0.1) is 0 Å². The number of hydrogen-bond donors (Lipinski definition) is 1. The van der Waals surface area contributed by atoms with Gasteiger partial charge in [-0.3, -0.25) is 9.89 Å². The van der Waals surface area contributed by atoms with E-state index < -0.39 is 0 Å². The van der Waals surface area contributed by atoms with Gasteiger partial charge in [0.25, 0.3) is 0 Å². The lowest BCUT2D eigenvalue weighted by atomic mass is 10.1. The van der Waals surface area contributed by atoms with E-state index in [1.54, 1.807) is 12.1 Å². The van der Waals surface area contributed by atoms with Crippen molar-refractivity contribution < 1.29 is 4.39 Å². The van der Waals surface area contributed by atoms with Crippen molar-refractivity contribution in [2.24, 2.45) is 4.99 Å². The fraction of sp³-hybridized carbons (Fsp3) is 0.632. The van der Waals surface area contributed by atoms with E-state index in [0.29, 0.717) is 12.1 Å². The largest absolute Gasteiger partial charge is 0.353 e. The minimum absolute atomic E-state index is 0.0930. The Balaban J connectivity index is 1.57. The van der Waals surface area contributed by atoms with Gasteiger partial charge in [0.2, 0.25) is 0 Å². The molecule has 0 bridgehead atoms. The molecule has 3 rings (SSSR count). The summed E-state index contributed by atoms with van der Waals surface area (Å²) in [6.45, 7) is 8.71. The van der Waals surface area contributed by atoms with Crippen LogP contribution < -0.4 is 5.32 Å². The van der Waals surface area contributed by atoms with Gasteiger partial charge in [0.1, 0.15) is 5.82 Å². The summed E-state index contributed by atoms with van der Waals surface area (Å²) in [6.07, 6.45) is 2.16. The van der Waals surface area contributed by atoms with Gasteiger partial charge in [0.05, 0.1) is 0 Å². The number of halogens is 1. The third-order valence-electron chi connectivity index (χ3n) is 5.41. The smallest absolute Gasteiger partial charge is 0.193 e. The molecule has 1 heterocycles. The van der Waals surface area contributed by atoms with E-state index in [-0.39, 0.29) is 11.7 Å². The van der Waals surface area contributed by atoms with Gasteiger partial charge in [-0.25, -0.2) is 4.39 Å². The summed E-state index contributed by atoms with van der Waals surface area (Å²) in [5.74, 6) is 1.14. The average molecular weight is 332 g/mol. The minimum Gasteiger partial charge on any atom is -0.353 e. The lowest BCUT2D eigenvalue weighted by molar-refractivity contribution is 0.223. The Hall–Kier alpha value is -1.62. The summed E-state index contributed by atoms with van der Waals surface area (Å²) in [4.78, 5) is 9.33. The van der Waals surface area contributed by atoms with Crippen LogP contribution in [0.25, 0.3) is 0 Å². The van der Waals surface area contributed by atoms with Crippen LogP contribution in [-0.2, 0) is 0 Å². The molecular formula is C19H29FN4. The molecule has 132 valence electrons. The molecule has 1 aliphatic carbocycles. The quantitative estimate of drug-likeness (QED) is 0.664. The molecule has 1 N–H and O–H groups in total. The first kappa shape index (κ1) is 17.2. The molecule has 1 saturated heterocycles. The third-order valence-corrected chi connectivity index (χ3v) is 5.41. The molecular weight excluding hydrogens is 303 g/mol. The summed E-state index contributed by atoms with van der Waals surface area (Å²) in [5.41, 5.74) is 0.827. The van der Waals surface area contributed by atoms with Crippen molar-refractivity contribution >= 4 is 5.96 Å². The second-order valence-corrected chi connectivity index (χ2v) is 6.77. The highest BCUT2D eigenvalue weighted by Gasteiger charge is 2.41. The Kier molecular flexibility index (Phi) is 5.39. The molecule has 0 aromatic heterocycles. The molecule has 3 atom stereocenters. The van der Waals surface area contributed by atoms with Crippen LogP contribution in [0.2, 0.25) is 0 Å². The van der Waals surface area contributed by atoms with Gasteiger partial charge in [0, 0.05) is 38.1 Å². The SMILES string of the molecule is CCN(CC)C1CCN(C(=NC)NC2CC2c2ccccc2F)C1. The van der Waals surface area contributed by atoms with Crippen molar-refractivity contribution in [2.45, 2.75) is 44.7 Å². The number of likely N-dealkylation sites (N-methyl/N-ethyl adjacent to an activating group) is 1. The average Bonchev–Trinajstić information content (AvgIpc) is 3.19. The maximum Gasteiger partial charge on any atom is 0.193 e. The lowest BCUT2D eigenvalue weighted by Crippen LogP contribution is -2.44. The normalized spacial score (nSPS) is 27.0. The van der Waals surface area contributed by atoms with E-state index in [9.17, 15) is 4.39 Å². The van der Waals surface area contributed by atoms with Crippen molar-refractivity contribution in [1.29, 1.82) is 0 Å². The van der Waals surface area contributed by atoms with Crippen molar-refractivity contribution in [2.75, 3.05) is 33.2 Å². The molecule has 0 spiro atoms. The summed E-state index contributed by atoms with van der Waals surface area (Å²) in [5, 5.41) is 3.54. The number of nitrogens with one attached hydrogen (secondary N) is 1. The first-order valence-electron chi connectivity index (χ1n) is 9.14. The Labute approximate surface area is 144 Å². The second kappa shape index (κ2) is 7.51. The van der Waals surface area contributed by atoms with Crippen LogP contribution in [0, 0.1) is 5.82 Å². The zero-order valence-electron chi connectivity index (χ0n) is 15.0. The summed E-state index contributed by atoms with van der Waals surface area (Å²) in [6, 6.07) is 8.02. The molecule has 1 aromatic carbocycles. The Morgan fingerprint density at radius 1 is 1.33 bits per heavy atom. The van der Waals surface area contributed by atoms with Crippen LogP contribution in [-0.4, -0.2) is 61.1 Å². The summed E-state index contributed by atoms with van der Waals surface area (Å²) >= 11 is 0. The predicted octanol–water partition coefficient (Wildman–Crippen LogP) is 2.67. The summed E-state index contributed by atoms with van der Waals surface area (Å²) in [7, 11) is 1.84. The molecule has 5 heteroatoms. The molecule has 3 unspecified atom stereocenters. The predicted molar refractivity (Wildman–Crippen MR) is 96.9 cm³/mol. The summed E-state index contributed by atoms with van der Waals surface area (Å²) < 4.78 is 13.9. The number of likely N-dealkylation sites (tertiary alicyclic amines) is 1. The van der Waals surface area contributed by atoms with E-state index in [4.69, 9.17) is 0 Å². The number of guanidine groups is 1. The van der Waals surface area contributed by atoms with Crippen LogP contribution >= 0.6 is 0 Å². The van der Waals surface area contributed by atoms with Crippen LogP contribution in [0.4, 0.5) is 4.39 Å². The number of benzene rings is 1. The lowest BCUT2D eigenvalue weighted by Gasteiger charge is -2.27. The standard InChI is InChI=1S/C19H29FN4/c1-4-23(5-2)14-10-11-24(13-14)19(21-3)22-18-12-16(18)15-8-6-7-9-17(15)20/h6-9,14,16,18H,4-5,10-13H2,1-3H3,(H,21,22). The van der Waals surface area contributed by atoms with E-state index in [1.807, 2.05) is 19.2 Å². The minimum atomic E-state index is -0.0930. The molecule has 2 aliphatic rings. The van der Waals surface area contributed by atoms with Crippen LogP contribution in [0.3, 0.4) is 0 Å². The first-order chi connectivity index (χ1) is 11.7.